The molecule has 3 N–H and O–H groups in total. The summed E-state index contributed by atoms with van der Waals surface area (Å²) in [6.07, 6.45) is 2.38. The van der Waals surface area contributed by atoms with E-state index in [0.717, 1.165) is 29.2 Å². The fourth-order valence-electron chi connectivity index (χ4n) is 2.95. The highest BCUT2D eigenvalue weighted by Crippen LogP contribution is 2.25. The Bertz CT molecular complexity index is 979. The molecule has 1 aliphatic rings. The molecule has 0 aliphatic carbocycles. The standard InChI is InChI=1S/C21H18N4O/c22-17-8-9-18-16(11-17)12-20(25-18)24-13-14-4-6-15(7-5-14)21(26)19-3-1-2-10-23-19/h1-11H,12-13,22H2,(H,24,25). The number of nitrogens with two attached hydrogens (primary N) is 1. The molecule has 0 atom stereocenters. The molecule has 0 bridgehead atoms. The highest BCUT2D eigenvalue weighted by atomic mass is 16.1. The summed E-state index contributed by atoms with van der Waals surface area (Å²) in [5.74, 6) is 0.855. The van der Waals surface area contributed by atoms with Gasteiger partial charge in [-0.25, -0.2) is 0 Å². The van der Waals surface area contributed by atoms with Crippen LogP contribution in [0.25, 0.3) is 0 Å². The number of ketones is 1. The van der Waals surface area contributed by atoms with E-state index in [9.17, 15) is 4.79 Å². The van der Waals surface area contributed by atoms with Gasteiger partial charge in [-0.3, -0.25) is 14.8 Å². The van der Waals surface area contributed by atoms with Gasteiger partial charge in [0, 0.05) is 29.6 Å². The molecule has 5 nitrogen and oxygen atoms in total. The lowest BCUT2D eigenvalue weighted by Gasteiger charge is -2.03. The van der Waals surface area contributed by atoms with Crippen LogP contribution in [0.5, 0.6) is 0 Å². The monoisotopic (exact) mass is 342 g/mol. The zero-order chi connectivity index (χ0) is 17.9. The Balaban J connectivity index is 1.43. The SMILES string of the molecule is Nc1ccc2c(c1)CC(=NCc1ccc(C(=O)c3ccccn3)cc1)N2. The molecule has 0 saturated carbocycles. The summed E-state index contributed by atoms with van der Waals surface area (Å²) in [6.45, 7) is 0.559. The van der Waals surface area contributed by atoms with Gasteiger partial charge in [0.1, 0.15) is 11.5 Å². The van der Waals surface area contributed by atoms with Crippen molar-refractivity contribution < 1.29 is 4.79 Å². The van der Waals surface area contributed by atoms with Crippen LogP contribution in [0.4, 0.5) is 11.4 Å². The average Bonchev–Trinajstić information content (AvgIpc) is 3.09. The number of hydrogen-bond donors (Lipinski definition) is 2. The number of pyridine rings is 1. The fourth-order valence-corrected chi connectivity index (χ4v) is 2.95. The molecule has 0 saturated heterocycles. The molecule has 0 fully saturated rings. The number of fused-ring (bicyclic) bond motifs is 1. The highest BCUT2D eigenvalue weighted by molar-refractivity contribution is 6.07. The van der Waals surface area contributed by atoms with Crippen molar-refractivity contribution in [1.29, 1.82) is 0 Å². The minimum absolute atomic E-state index is 0.0750. The first-order chi connectivity index (χ1) is 12.7. The largest absolute Gasteiger partial charge is 0.399 e. The van der Waals surface area contributed by atoms with Crippen LogP contribution in [0.3, 0.4) is 0 Å². The number of aliphatic imine (C=N–C) groups is 1. The Kier molecular flexibility index (Phi) is 4.19. The minimum atomic E-state index is -0.0750. The number of hydrogen-bond acceptors (Lipinski definition) is 4. The van der Waals surface area contributed by atoms with Gasteiger partial charge in [0.2, 0.25) is 5.78 Å². The summed E-state index contributed by atoms with van der Waals surface area (Å²) in [5, 5.41) is 3.32. The molecule has 5 heteroatoms. The summed E-state index contributed by atoms with van der Waals surface area (Å²) < 4.78 is 0. The second-order valence-electron chi connectivity index (χ2n) is 6.22. The smallest absolute Gasteiger partial charge is 0.211 e. The van der Waals surface area contributed by atoms with E-state index in [1.807, 2.05) is 48.5 Å². The first kappa shape index (κ1) is 16.0. The molecule has 3 aromatic rings. The first-order valence-electron chi connectivity index (χ1n) is 8.42. The number of amidine groups is 1. The van der Waals surface area contributed by atoms with Crippen molar-refractivity contribution in [3.63, 3.8) is 0 Å². The van der Waals surface area contributed by atoms with Gasteiger partial charge >= 0.3 is 0 Å². The van der Waals surface area contributed by atoms with E-state index in [-0.39, 0.29) is 5.78 Å². The van der Waals surface area contributed by atoms with Gasteiger partial charge in [-0.05, 0) is 41.5 Å². The Labute approximate surface area is 151 Å². The van der Waals surface area contributed by atoms with Crippen molar-refractivity contribution in [2.24, 2.45) is 4.99 Å². The molecule has 0 unspecified atom stereocenters. The Morgan fingerprint density at radius 3 is 2.73 bits per heavy atom. The van der Waals surface area contributed by atoms with Crippen molar-refractivity contribution in [3.8, 4) is 0 Å². The van der Waals surface area contributed by atoms with Gasteiger partial charge in [-0.2, -0.15) is 0 Å². The Morgan fingerprint density at radius 2 is 1.96 bits per heavy atom. The summed E-state index contributed by atoms with van der Waals surface area (Å²) in [7, 11) is 0. The number of nitrogen functional groups attached to an aromatic ring is 1. The number of nitrogens with one attached hydrogen (secondary N) is 1. The Morgan fingerprint density at radius 1 is 1.12 bits per heavy atom. The normalized spacial score (nSPS) is 14.1. The predicted molar refractivity (Wildman–Crippen MR) is 103 cm³/mol. The quantitative estimate of drug-likeness (QED) is 0.562. The highest BCUT2D eigenvalue weighted by Gasteiger charge is 2.15. The predicted octanol–water partition coefficient (Wildman–Crippen LogP) is 3.46. The third kappa shape index (κ3) is 3.32. The van der Waals surface area contributed by atoms with Gasteiger partial charge in [0.25, 0.3) is 0 Å². The molecule has 0 amide bonds. The molecule has 1 aromatic heterocycles. The fraction of sp³-hybridized carbons (Fsp3) is 0.0952. The van der Waals surface area contributed by atoms with Gasteiger partial charge in [0.05, 0.1) is 6.54 Å². The molecule has 1 aliphatic heterocycles. The van der Waals surface area contributed by atoms with Crippen molar-refractivity contribution in [3.05, 3.63) is 89.2 Å². The van der Waals surface area contributed by atoms with Crippen LogP contribution < -0.4 is 11.1 Å². The summed E-state index contributed by atoms with van der Waals surface area (Å²) in [5.41, 5.74) is 10.9. The van der Waals surface area contributed by atoms with Gasteiger partial charge in [-0.1, -0.05) is 30.3 Å². The molecule has 4 rings (SSSR count). The third-order valence-corrected chi connectivity index (χ3v) is 4.33. The zero-order valence-electron chi connectivity index (χ0n) is 14.1. The van der Waals surface area contributed by atoms with Crippen molar-refractivity contribution >= 4 is 23.0 Å². The minimum Gasteiger partial charge on any atom is -0.399 e. The Hall–Kier alpha value is -3.47. The van der Waals surface area contributed by atoms with E-state index in [2.05, 4.69) is 15.3 Å². The molecular formula is C21H18N4O. The van der Waals surface area contributed by atoms with Gasteiger partial charge in [0.15, 0.2) is 0 Å². The summed E-state index contributed by atoms with van der Waals surface area (Å²) in [6, 6.07) is 18.7. The molecule has 2 heterocycles. The van der Waals surface area contributed by atoms with E-state index in [1.165, 1.54) is 5.56 Å². The molecule has 128 valence electrons. The maximum Gasteiger partial charge on any atom is 0.211 e. The van der Waals surface area contributed by atoms with Crippen LogP contribution >= 0.6 is 0 Å². The van der Waals surface area contributed by atoms with Crippen molar-refractivity contribution in [2.45, 2.75) is 13.0 Å². The van der Waals surface area contributed by atoms with Crippen LogP contribution in [-0.2, 0) is 13.0 Å². The van der Waals surface area contributed by atoms with E-state index in [4.69, 9.17) is 5.73 Å². The van der Waals surface area contributed by atoms with E-state index >= 15 is 0 Å². The molecule has 0 spiro atoms. The lowest BCUT2D eigenvalue weighted by molar-refractivity contribution is 0.103. The second kappa shape index (κ2) is 6.80. The van der Waals surface area contributed by atoms with Gasteiger partial charge < -0.3 is 11.1 Å². The van der Waals surface area contributed by atoms with Crippen LogP contribution in [0.2, 0.25) is 0 Å². The van der Waals surface area contributed by atoms with E-state index in [0.29, 0.717) is 17.8 Å². The lowest BCUT2D eigenvalue weighted by atomic mass is 10.1. The van der Waals surface area contributed by atoms with Crippen molar-refractivity contribution in [2.75, 3.05) is 11.1 Å². The van der Waals surface area contributed by atoms with E-state index in [1.54, 1.807) is 18.3 Å². The second-order valence-corrected chi connectivity index (χ2v) is 6.22. The van der Waals surface area contributed by atoms with Crippen LogP contribution in [-0.4, -0.2) is 16.6 Å². The number of aromatic nitrogens is 1. The first-order valence-corrected chi connectivity index (χ1v) is 8.42. The number of anilines is 2. The summed E-state index contributed by atoms with van der Waals surface area (Å²) in [4.78, 5) is 21.1. The summed E-state index contributed by atoms with van der Waals surface area (Å²) >= 11 is 0. The average molecular weight is 342 g/mol. The topological polar surface area (TPSA) is 80.4 Å². The lowest BCUT2D eigenvalue weighted by Crippen LogP contribution is -2.06. The number of benzene rings is 2. The number of rotatable bonds is 4. The number of carbonyl (C=O) groups excluding carboxylic acids is 1. The zero-order valence-corrected chi connectivity index (χ0v) is 14.1. The molecule has 2 aromatic carbocycles. The third-order valence-electron chi connectivity index (χ3n) is 4.33. The van der Waals surface area contributed by atoms with Gasteiger partial charge in [-0.15, -0.1) is 0 Å². The molecule has 0 radical (unpaired) electrons. The maximum absolute atomic E-state index is 12.4. The van der Waals surface area contributed by atoms with Crippen LogP contribution in [0.15, 0.2) is 71.9 Å². The number of carbonyl (C=O) groups is 1. The van der Waals surface area contributed by atoms with Crippen LogP contribution in [0.1, 0.15) is 27.2 Å². The van der Waals surface area contributed by atoms with E-state index < -0.39 is 0 Å². The molecule has 26 heavy (non-hydrogen) atoms. The molecular weight excluding hydrogens is 324 g/mol. The number of nitrogens with zero attached hydrogens (tertiary/aromatic N) is 2. The maximum atomic E-state index is 12.4. The van der Waals surface area contributed by atoms with Crippen molar-refractivity contribution in [1.82, 2.24) is 4.98 Å². The van der Waals surface area contributed by atoms with Crippen LogP contribution in [0, 0.1) is 0 Å².